The lowest BCUT2D eigenvalue weighted by atomic mass is 9.96. The SMILES string of the molecule is CCOc1ccccc1C(CC1CCCCO1)NC. The third kappa shape index (κ3) is 3.95. The first-order valence-electron chi connectivity index (χ1n) is 7.35. The molecule has 1 aliphatic heterocycles. The second kappa shape index (κ2) is 7.51. The maximum atomic E-state index is 5.85. The summed E-state index contributed by atoms with van der Waals surface area (Å²) in [6, 6.07) is 8.59. The lowest BCUT2D eigenvalue weighted by Crippen LogP contribution is -2.27. The molecule has 19 heavy (non-hydrogen) atoms. The molecule has 2 rings (SSSR count). The van der Waals surface area contributed by atoms with E-state index < -0.39 is 0 Å². The molecule has 0 amide bonds. The molecule has 1 saturated heterocycles. The van der Waals surface area contributed by atoms with Crippen molar-refractivity contribution in [3.8, 4) is 5.75 Å². The predicted molar refractivity (Wildman–Crippen MR) is 77.6 cm³/mol. The first-order chi connectivity index (χ1) is 9.35. The van der Waals surface area contributed by atoms with Crippen LogP contribution in [0.15, 0.2) is 24.3 Å². The van der Waals surface area contributed by atoms with Crippen LogP contribution in [-0.4, -0.2) is 26.4 Å². The van der Waals surface area contributed by atoms with Gasteiger partial charge in [0.2, 0.25) is 0 Å². The topological polar surface area (TPSA) is 30.5 Å². The molecule has 1 aromatic carbocycles. The van der Waals surface area contributed by atoms with Crippen molar-refractivity contribution in [3.05, 3.63) is 29.8 Å². The summed E-state index contributed by atoms with van der Waals surface area (Å²) in [7, 11) is 2.01. The summed E-state index contributed by atoms with van der Waals surface area (Å²) >= 11 is 0. The van der Waals surface area contributed by atoms with Gasteiger partial charge in [0, 0.05) is 18.2 Å². The average Bonchev–Trinajstić information content (AvgIpc) is 2.47. The molecular weight excluding hydrogens is 238 g/mol. The standard InChI is InChI=1S/C16H25NO2/c1-3-18-16-10-5-4-9-14(16)15(17-2)12-13-8-6-7-11-19-13/h4-5,9-10,13,15,17H,3,6-8,11-12H2,1-2H3. The molecule has 0 radical (unpaired) electrons. The minimum atomic E-state index is 0.297. The van der Waals surface area contributed by atoms with E-state index in [4.69, 9.17) is 9.47 Å². The third-order valence-corrected chi connectivity index (χ3v) is 3.72. The second-order valence-electron chi connectivity index (χ2n) is 5.04. The summed E-state index contributed by atoms with van der Waals surface area (Å²) in [6.45, 7) is 3.64. The molecule has 3 nitrogen and oxygen atoms in total. The van der Waals surface area contributed by atoms with E-state index in [2.05, 4.69) is 17.4 Å². The zero-order valence-electron chi connectivity index (χ0n) is 12.0. The minimum absolute atomic E-state index is 0.297. The Balaban J connectivity index is 2.07. The third-order valence-electron chi connectivity index (χ3n) is 3.72. The molecule has 0 bridgehead atoms. The van der Waals surface area contributed by atoms with Gasteiger partial charge in [-0.2, -0.15) is 0 Å². The van der Waals surface area contributed by atoms with Crippen molar-refractivity contribution in [2.45, 2.75) is 44.8 Å². The van der Waals surface area contributed by atoms with Crippen molar-refractivity contribution in [1.82, 2.24) is 5.32 Å². The summed E-state index contributed by atoms with van der Waals surface area (Å²) in [6.07, 6.45) is 5.06. The average molecular weight is 263 g/mol. The number of nitrogens with one attached hydrogen (secondary N) is 1. The Labute approximate surface area is 116 Å². The van der Waals surface area contributed by atoms with Gasteiger partial charge < -0.3 is 14.8 Å². The zero-order valence-corrected chi connectivity index (χ0v) is 12.0. The van der Waals surface area contributed by atoms with Gasteiger partial charge in [0.1, 0.15) is 5.75 Å². The number of para-hydroxylation sites is 1. The van der Waals surface area contributed by atoms with E-state index in [-0.39, 0.29) is 0 Å². The predicted octanol–water partition coefficient (Wildman–Crippen LogP) is 3.31. The zero-order chi connectivity index (χ0) is 13.5. The van der Waals surface area contributed by atoms with Crippen molar-refractivity contribution >= 4 is 0 Å². The van der Waals surface area contributed by atoms with E-state index in [0.717, 1.165) is 18.8 Å². The van der Waals surface area contributed by atoms with Gasteiger partial charge in [0.25, 0.3) is 0 Å². The van der Waals surface area contributed by atoms with Crippen LogP contribution in [0.5, 0.6) is 5.75 Å². The largest absolute Gasteiger partial charge is 0.494 e. The van der Waals surface area contributed by atoms with E-state index in [1.165, 1.54) is 24.8 Å². The van der Waals surface area contributed by atoms with Crippen LogP contribution in [-0.2, 0) is 4.74 Å². The quantitative estimate of drug-likeness (QED) is 0.854. The Morgan fingerprint density at radius 3 is 2.89 bits per heavy atom. The van der Waals surface area contributed by atoms with Crippen molar-refractivity contribution in [3.63, 3.8) is 0 Å². The van der Waals surface area contributed by atoms with Crippen molar-refractivity contribution < 1.29 is 9.47 Å². The van der Waals surface area contributed by atoms with Crippen LogP contribution < -0.4 is 10.1 Å². The Morgan fingerprint density at radius 1 is 1.37 bits per heavy atom. The molecule has 1 heterocycles. The van der Waals surface area contributed by atoms with Crippen molar-refractivity contribution in [1.29, 1.82) is 0 Å². The molecular formula is C16H25NO2. The molecule has 0 aliphatic carbocycles. The van der Waals surface area contributed by atoms with Gasteiger partial charge in [-0.3, -0.25) is 0 Å². The van der Waals surface area contributed by atoms with Crippen LogP contribution in [0.2, 0.25) is 0 Å². The number of ether oxygens (including phenoxy) is 2. The van der Waals surface area contributed by atoms with Crippen LogP contribution >= 0.6 is 0 Å². The van der Waals surface area contributed by atoms with Crippen molar-refractivity contribution in [2.75, 3.05) is 20.3 Å². The van der Waals surface area contributed by atoms with Crippen LogP contribution in [0.25, 0.3) is 0 Å². The molecule has 1 fully saturated rings. The van der Waals surface area contributed by atoms with E-state index in [0.29, 0.717) is 18.8 Å². The smallest absolute Gasteiger partial charge is 0.124 e. The highest BCUT2D eigenvalue weighted by Crippen LogP contribution is 2.30. The summed E-state index contributed by atoms with van der Waals surface area (Å²) in [5, 5.41) is 3.40. The maximum absolute atomic E-state index is 5.85. The Hall–Kier alpha value is -1.06. The molecule has 3 heteroatoms. The van der Waals surface area contributed by atoms with Gasteiger partial charge in [-0.1, -0.05) is 18.2 Å². The highest BCUT2D eigenvalue weighted by Gasteiger charge is 2.21. The molecule has 0 saturated carbocycles. The highest BCUT2D eigenvalue weighted by atomic mass is 16.5. The fourth-order valence-corrected chi connectivity index (χ4v) is 2.71. The Morgan fingerprint density at radius 2 is 2.21 bits per heavy atom. The molecule has 2 unspecified atom stereocenters. The van der Waals surface area contributed by atoms with E-state index in [1.54, 1.807) is 0 Å². The minimum Gasteiger partial charge on any atom is -0.494 e. The summed E-state index contributed by atoms with van der Waals surface area (Å²) in [4.78, 5) is 0. The van der Waals surface area contributed by atoms with Crippen molar-refractivity contribution in [2.24, 2.45) is 0 Å². The van der Waals surface area contributed by atoms with Crippen LogP contribution in [0, 0.1) is 0 Å². The highest BCUT2D eigenvalue weighted by molar-refractivity contribution is 5.36. The van der Waals surface area contributed by atoms with E-state index in [1.807, 2.05) is 26.1 Å². The van der Waals surface area contributed by atoms with Gasteiger partial charge in [-0.05, 0) is 45.7 Å². The van der Waals surface area contributed by atoms with Gasteiger partial charge in [-0.15, -0.1) is 0 Å². The number of benzene rings is 1. The molecule has 0 aromatic heterocycles. The van der Waals surface area contributed by atoms with Crippen LogP contribution in [0.1, 0.15) is 44.2 Å². The fraction of sp³-hybridized carbons (Fsp3) is 0.625. The van der Waals surface area contributed by atoms with E-state index in [9.17, 15) is 0 Å². The molecule has 2 atom stereocenters. The van der Waals surface area contributed by atoms with Gasteiger partial charge in [-0.25, -0.2) is 0 Å². The number of hydrogen-bond acceptors (Lipinski definition) is 3. The Bertz CT molecular complexity index is 375. The molecule has 1 N–H and O–H groups in total. The van der Waals surface area contributed by atoms with Gasteiger partial charge >= 0.3 is 0 Å². The maximum Gasteiger partial charge on any atom is 0.124 e. The Kier molecular flexibility index (Phi) is 5.67. The van der Waals surface area contributed by atoms with Crippen LogP contribution in [0.4, 0.5) is 0 Å². The lowest BCUT2D eigenvalue weighted by molar-refractivity contribution is 0.00534. The molecule has 1 aliphatic rings. The number of hydrogen-bond donors (Lipinski definition) is 1. The lowest BCUT2D eigenvalue weighted by Gasteiger charge is -2.28. The summed E-state index contributed by atoms with van der Waals surface area (Å²) in [5.74, 6) is 0.986. The summed E-state index contributed by atoms with van der Waals surface area (Å²) in [5.41, 5.74) is 1.24. The molecule has 106 valence electrons. The monoisotopic (exact) mass is 263 g/mol. The van der Waals surface area contributed by atoms with Gasteiger partial charge in [0.15, 0.2) is 0 Å². The first kappa shape index (κ1) is 14.4. The fourth-order valence-electron chi connectivity index (χ4n) is 2.71. The first-order valence-corrected chi connectivity index (χ1v) is 7.35. The molecule has 1 aromatic rings. The number of rotatable bonds is 6. The van der Waals surface area contributed by atoms with E-state index >= 15 is 0 Å². The van der Waals surface area contributed by atoms with Gasteiger partial charge in [0.05, 0.1) is 12.7 Å². The molecule has 0 spiro atoms. The summed E-state index contributed by atoms with van der Waals surface area (Å²) < 4.78 is 11.6. The normalized spacial score (nSPS) is 21.1. The second-order valence-corrected chi connectivity index (χ2v) is 5.04. The van der Waals surface area contributed by atoms with Crippen LogP contribution in [0.3, 0.4) is 0 Å².